The predicted molar refractivity (Wildman–Crippen MR) is 42.3 cm³/mol. The van der Waals surface area contributed by atoms with Crippen LogP contribution in [-0.2, 0) is 14.3 Å². The average molecular weight is 283 g/mol. The Morgan fingerprint density at radius 2 is 1.50 bits per heavy atom. The maximum atomic E-state index is 12.1. The Morgan fingerprint density at radius 3 is 1.83 bits per heavy atom. The number of alkyl halides is 6. The zero-order chi connectivity index (χ0) is 14.6. The van der Waals surface area contributed by atoms with Crippen LogP contribution in [0.4, 0.5) is 26.3 Å². The fourth-order valence-corrected chi connectivity index (χ4v) is 0.831. The van der Waals surface area contributed by atoms with E-state index in [4.69, 9.17) is 0 Å². The molecular formula is C8H9F6O4-. The van der Waals surface area contributed by atoms with Gasteiger partial charge in [0.25, 0.3) is 0 Å². The first kappa shape index (κ1) is 17.0. The van der Waals surface area contributed by atoms with Crippen LogP contribution in [0.25, 0.3) is 0 Å². The summed E-state index contributed by atoms with van der Waals surface area (Å²) in [6.45, 7) is 0.348. The molecular weight excluding hydrogens is 274 g/mol. The summed E-state index contributed by atoms with van der Waals surface area (Å²) in [7, 11) is 0. The van der Waals surface area contributed by atoms with E-state index in [1.165, 1.54) is 6.92 Å². The molecule has 0 aromatic rings. The molecule has 0 heterocycles. The molecule has 0 saturated heterocycles. The van der Waals surface area contributed by atoms with Gasteiger partial charge in [-0.15, -0.1) is 0 Å². The van der Waals surface area contributed by atoms with E-state index >= 15 is 0 Å². The first-order valence-corrected chi connectivity index (χ1v) is 4.57. The van der Waals surface area contributed by atoms with Crippen LogP contribution >= 0.6 is 0 Å². The highest BCUT2D eigenvalue weighted by Gasteiger charge is 2.68. The van der Waals surface area contributed by atoms with Crippen LogP contribution < -0.4 is 5.11 Å². The lowest BCUT2D eigenvalue weighted by Gasteiger charge is -2.40. The Labute approximate surface area is 97.5 Å². The molecule has 0 fully saturated rings. The van der Waals surface area contributed by atoms with Gasteiger partial charge in [0.05, 0.1) is 6.61 Å². The van der Waals surface area contributed by atoms with Gasteiger partial charge in [-0.2, -0.15) is 26.3 Å². The molecule has 4 nitrogen and oxygen atoms in total. The topological polar surface area (TPSA) is 58.6 Å². The highest BCUT2D eigenvalue weighted by molar-refractivity contribution is 5.81. The van der Waals surface area contributed by atoms with Crippen LogP contribution in [0.5, 0.6) is 0 Å². The number of hydrogen-bond acceptors (Lipinski definition) is 4. The van der Waals surface area contributed by atoms with Gasteiger partial charge in [-0.05, 0) is 6.92 Å². The van der Waals surface area contributed by atoms with Crippen molar-refractivity contribution in [2.24, 2.45) is 0 Å². The highest BCUT2D eigenvalue weighted by atomic mass is 19.4. The van der Waals surface area contributed by atoms with Gasteiger partial charge in [0.15, 0.2) is 5.60 Å². The summed E-state index contributed by atoms with van der Waals surface area (Å²) in [4.78, 5) is 10.7. The molecule has 0 rings (SSSR count). The van der Waals surface area contributed by atoms with Crippen molar-refractivity contribution in [3.63, 3.8) is 0 Å². The number of rotatable bonds is 5. The molecule has 0 radical (unpaired) electrons. The van der Waals surface area contributed by atoms with Crippen molar-refractivity contribution in [2.75, 3.05) is 19.8 Å². The number of hydrogen-bond donors (Lipinski definition) is 0. The van der Waals surface area contributed by atoms with Gasteiger partial charge >= 0.3 is 18.3 Å². The second-order valence-electron chi connectivity index (χ2n) is 3.01. The van der Waals surface area contributed by atoms with Crippen LogP contribution in [-0.4, -0.2) is 43.7 Å². The third-order valence-corrected chi connectivity index (χ3v) is 1.75. The van der Waals surface area contributed by atoms with Crippen molar-refractivity contribution >= 4 is 5.97 Å². The molecule has 0 atom stereocenters. The molecule has 0 N–H and O–H groups in total. The van der Waals surface area contributed by atoms with Gasteiger partial charge in [-0.3, -0.25) is 4.79 Å². The second-order valence-corrected chi connectivity index (χ2v) is 3.01. The van der Waals surface area contributed by atoms with E-state index in [1.807, 2.05) is 0 Å². The van der Waals surface area contributed by atoms with Crippen LogP contribution in [0.2, 0.25) is 0 Å². The molecule has 0 amide bonds. The maximum Gasteiger partial charge on any atom is 0.399 e. The lowest BCUT2D eigenvalue weighted by Crippen LogP contribution is -2.71. The van der Waals surface area contributed by atoms with Crippen LogP contribution in [0.1, 0.15) is 6.92 Å². The molecule has 0 aromatic carbocycles. The minimum Gasteiger partial charge on any atom is -0.828 e. The minimum absolute atomic E-state index is 0.124. The van der Waals surface area contributed by atoms with Crippen molar-refractivity contribution in [1.82, 2.24) is 0 Å². The van der Waals surface area contributed by atoms with E-state index in [1.54, 1.807) is 0 Å². The van der Waals surface area contributed by atoms with Crippen LogP contribution in [0.15, 0.2) is 0 Å². The summed E-state index contributed by atoms with van der Waals surface area (Å²) in [5, 5.41) is 10.7. The zero-order valence-electron chi connectivity index (χ0n) is 9.02. The Hall–Kier alpha value is -1.03. The predicted octanol–water partition coefficient (Wildman–Crippen LogP) is 0.790. The molecule has 0 aromatic heterocycles. The first-order valence-electron chi connectivity index (χ1n) is 4.57. The SMILES string of the molecule is CCOCCOC(=O)C([O-])(C(F)(F)F)C(F)(F)F. The summed E-state index contributed by atoms with van der Waals surface area (Å²) in [5.74, 6) is -2.94. The van der Waals surface area contributed by atoms with Gasteiger partial charge in [0, 0.05) is 6.61 Å². The van der Waals surface area contributed by atoms with Gasteiger partial charge in [0.2, 0.25) is 0 Å². The van der Waals surface area contributed by atoms with Gasteiger partial charge in [-0.25, -0.2) is 0 Å². The van der Waals surface area contributed by atoms with Gasteiger partial charge < -0.3 is 14.6 Å². The summed E-state index contributed by atoms with van der Waals surface area (Å²) in [6, 6.07) is 0. The molecule has 0 aliphatic heterocycles. The molecule has 0 saturated carbocycles. The van der Waals surface area contributed by atoms with Crippen molar-refractivity contribution in [2.45, 2.75) is 24.9 Å². The molecule has 18 heavy (non-hydrogen) atoms. The molecule has 0 spiro atoms. The number of halogens is 6. The molecule has 0 aliphatic rings. The quantitative estimate of drug-likeness (QED) is 0.425. The van der Waals surface area contributed by atoms with E-state index in [0.717, 1.165) is 0 Å². The van der Waals surface area contributed by atoms with Crippen molar-refractivity contribution < 1.29 is 45.7 Å². The number of esters is 1. The van der Waals surface area contributed by atoms with Gasteiger partial charge in [0.1, 0.15) is 6.61 Å². The monoisotopic (exact) mass is 283 g/mol. The maximum absolute atomic E-state index is 12.1. The van der Waals surface area contributed by atoms with E-state index in [0.29, 0.717) is 0 Å². The summed E-state index contributed by atoms with van der Waals surface area (Å²) in [6.07, 6.45) is -12.7. The molecule has 10 heteroatoms. The Bertz CT molecular complexity index is 270. The standard InChI is InChI=1S/C8H9F6O4/c1-2-17-3-4-18-5(15)6(16,7(9,10)11)8(12,13)14/h2-4H2,1H3/q-1. The fraction of sp³-hybridized carbons (Fsp3) is 0.875. The lowest BCUT2D eigenvalue weighted by molar-refractivity contribution is -0.574. The second kappa shape index (κ2) is 5.74. The number of carbonyl (C=O) groups excluding carboxylic acids is 1. The number of ether oxygens (including phenoxy) is 2. The van der Waals surface area contributed by atoms with Crippen molar-refractivity contribution in [3.8, 4) is 0 Å². The average Bonchev–Trinajstić information content (AvgIpc) is 2.19. The Morgan fingerprint density at radius 1 is 1.06 bits per heavy atom. The van der Waals surface area contributed by atoms with E-state index < -0.39 is 37.1 Å². The smallest absolute Gasteiger partial charge is 0.399 e. The fourth-order valence-electron chi connectivity index (χ4n) is 0.831. The van der Waals surface area contributed by atoms with Crippen LogP contribution in [0.3, 0.4) is 0 Å². The molecule has 0 aliphatic carbocycles. The third-order valence-electron chi connectivity index (χ3n) is 1.75. The molecule has 108 valence electrons. The van der Waals surface area contributed by atoms with E-state index in [9.17, 15) is 36.2 Å². The summed E-state index contributed by atoms with van der Waals surface area (Å²) < 4.78 is 80.5. The van der Waals surface area contributed by atoms with Gasteiger partial charge in [-0.1, -0.05) is 0 Å². The van der Waals surface area contributed by atoms with Crippen molar-refractivity contribution in [3.05, 3.63) is 0 Å². The highest BCUT2D eigenvalue weighted by Crippen LogP contribution is 2.41. The normalized spacial score (nSPS) is 13.6. The van der Waals surface area contributed by atoms with Crippen molar-refractivity contribution in [1.29, 1.82) is 0 Å². The minimum atomic E-state index is -6.34. The summed E-state index contributed by atoms with van der Waals surface area (Å²) in [5.41, 5.74) is -5.79. The number of carbonyl (C=O) groups is 1. The van der Waals surface area contributed by atoms with E-state index in [-0.39, 0.29) is 6.61 Å². The zero-order valence-corrected chi connectivity index (χ0v) is 9.02. The largest absolute Gasteiger partial charge is 0.828 e. The first-order chi connectivity index (χ1) is 7.98. The Balaban J connectivity index is 4.86. The Kier molecular flexibility index (Phi) is 5.41. The molecule has 0 bridgehead atoms. The third kappa shape index (κ3) is 3.48. The lowest BCUT2D eigenvalue weighted by atomic mass is 10.0. The summed E-state index contributed by atoms with van der Waals surface area (Å²) >= 11 is 0. The van der Waals surface area contributed by atoms with E-state index in [2.05, 4.69) is 9.47 Å². The van der Waals surface area contributed by atoms with Crippen LogP contribution in [0, 0.1) is 0 Å². The molecule has 0 unspecified atom stereocenters.